The highest BCUT2D eigenvalue weighted by Crippen LogP contribution is 2.26. The van der Waals surface area contributed by atoms with Gasteiger partial charge in [-0.05, 0) is 18.2 Å². The Labute approximate surface area is 115 Å². The maximum Gasteiger partial charge on any atom is 0.200 e. The lowest BCUT2D eigenvalue weighted by atomic mass is 10.1. The molecular weight excluding hydrogens is 291 g/mol. The number of allylic oxidation sites excluding steroid dienone is 1. The van der Waals surface area contributed by atoms with E-state index in [1.807, 2.05) is 0 Å². The molecule has 106 valence electrons. The molecule has 0 amide bonds. The van der Waals surface area contributed by atoms with Crippen LogP contribution in [0.4, 0.5) is 22.0 Å². The van der Waals surface area contributed by atoms with Crippen molar-refractivity contribution >= 4 is 11.6 Å². The lowest BCUT2D eigenvalue weighted by Crippen LogP contribution is -2.04. The van der Waals surface area contributed by atoms with Crippen LogP contribution >= 0.6 is 0 Å². The van der Waals surface area contributed by atoms with Gasteiger partial charge >= 0.3 is 0 Å². The lowest BCUT2D eigenvalue weighted by Gasteiger charge is -2.05. The van der Waals surface area contributed by atoms with Crippen molar-refractivity contribution in [2.24, 2.45) is 0 Å². The number of nitrogens with zero attached hydrogens (tertiary/aromatic N) is 2. The van der Waals surface area contributed by atoms with E-state index < -0.39 is 34.6 Å². The third-order valence-corrected chi connectivity index (χ3v) is 2.59. The number of hydrogen-bond donors (Lipinski definition) is 0. The molecule has 0 bridgehead atoms. The summed E-state index contributed by atoms with van der Waals surface area (Å²) < 4.78 is 66.1. The van der Waals surface area contributed by atoms with Gasteiger partial charge in [0.05, 0.1) is 16.8 Å². The summed E-state index contributed by atoms with van der Waals surface area (Å²) in [4.78, 5) is 3.77. The fourth-order valence-electron chi connectivity index (χ4n) is 1.58. The van der Waals surface area contributed by atoms with Crippen LogP contribution in [0.2, 0.25) is 0 Å². The Morgan fingerprint density at radius 2 is 1.52 bits per heavy atom. The molecule has 0 aliphatic carbocycles. The van der Waals surface area contributed by atoms with Crippen molar-refractivity contribution in [3.63, 3.8) is 0 Å². The van der Waals surface area contributed by atoms with Crippen molar-refractivity contribution in [2.45, 2.75) is 0 Å². The van der Waals surface area contributed by atoms with Crippen LogP contribution in [0.25, 0.3) is 11.6 Å². The number of benzene rings is 1. The molecule has 0 unspecified atom stereocenters. The highest BCUT2D eigenvalue weighted by atomic mass is 19.2. The summed E-state index contributed by atoms with van der Waals surface area (Å²) in [6.07, 6.45) is 1.89. The number of pyridine rings is 1. The molecule has 0 radical (unpaired) electrons. The summed E-state index contributed by atoms with van der Waals surface area (Å²) in [5.74, 6) is -10.4. The second-order valence-electron chi connectivity index (χ2n) is 3.87. The zero-order chi connectivity index (χ0) is 15.6. The van der Waals surface area contributed by atoms with Gasteiger partial charge in [0.25, 0.3) is 0 Å². The maximum absolute atomic E-state index is 13.5. The SMILES string of the molecule is N#C/C(=C\c1c(F)c(F)c(F)c(F)c1F)c1ccccn1. The van der Waals surface area contributed by atoms with Crippen molar-refractivity contribution in [1.29, 1.82) is 5.26 Å². The standard InChI is InChI=1S/C14H5F5N2/c15-10-8(11(16)13(18)14(19)12(10)17)5-7(6-20)9-3-1-2-4-21-9/h1-5H/b7-5+. The Hall–Kier alpha value is -2.75. The van der Waals surface area contributed by atoms with E-state index in [9.17, 15) is 22.0 Å². The van der Waals surface area contributed by atoms with E-state index in [2.05, 4.69) is 4.98 Å². The maximum atomic E-state index is 13.5. The van der Waals surface area contributed by atoms with Crippen LogP contribution in [0, 0.1) is 40.4 Å². The summed E-state index contributed by atoms with van der Waals surface area (Å²) >= 11 is 0. The van der Waals surface area contributed by atoms with E-state index in [1.165, 1.54) is 24.4 Å². The van der Waals surface area contributed by atoms with Gasteiger partial charge in [-0.25, -0.2) is 22.0 Å². The van der Waals surface area contributed by atoms with Crippen LogP contribution in [0.3, 0.4) is 0 Å². The highest BCUT2D eigenvalue weighted by Gasteiger charge is 2.25. The van der Waals surface area contributed by atoms with E-state index in [4.69, 9.17) is 5.26 Å². The van der Waals surface area contributed by atoms with Crippen LogP contribution in [0.1, 0.15) is 11.3 Å². The van der Waals surface area contributed by atoms with Gasteiger partial charge in [0.15, 0.2) is 23.3 Å². The van der Waals surface area contributed by atoms with Crippen molar-refractivity contribution in [2.75, 3.05) is 0 Å². The van der Waals surface area contributed by atoms with Crippen LogP contribution < -0.4 is 0 Å². The number of hydrogen-bond acceptors (Lipinski definition) is 2. The quantitative estimate of drug-likeness (QED) is 0.365. The first-order valence-electron chi connectivity index (χ1n) is 5.52. The molecule has 1 heterocycles. The molecule has 1 aromatic carbocycles. The van der Waals surface area contributed by atoms with Gasteiger partial charge in [0, 0.05) is 6.20 Å². The minimum absolute atomic E-state index is 0.0453. The van der Waals surface area contributed by atoms with Crippen molar-refractivity contribution in [1.82, 2.24) is 4.98 Å². The molecule has 7 heteroatoms. The van der Waals surface area contributed by atoms with E-state index in [1.54, 1.807) is 6.07 Å². The van der Waals surface area contributed by atoms with Crippen LogP contribution in [-0.4, -0.2) is 4.98 Å². The monoisotopic (exact) mass is 296 g/mol. The number of rotatable bonds is 2. The van der Waals surface area contributed by atoms with Gasteiger partial charge in [-0.15, -0.1) is 0 Å². The van der Waals surface area contributed by atoms with E-state index in [0.717, 1.165) is 0 Å². The predicted octanol–water partition coefficient (Wildman–Crippen LogP) is 3.84. The molecule has 0 saturated carbocycles. The summed E-state index contributed by atoms with van der Waals surface area (Å²) in [5, 5.41) is 8.95. The topological polar surface area (TPSA) is 36.7 Å². The molecule has 0 saturated heterocycles. The summed E-state index contributed by atoms with van der Waals surface area (Å²) in [6, 6.07) is 6.01. The first-order valence-corrected chi connectivity index (χ1v) is 5.52. The molecule has 0 fully saturated rings. The summed E-state index contributed by atoms with van der Waals surface area (Å²) in [5.41, 5.74) is -1.48. The second-order valence-corrected chi connectivity index (χ2v) is 3.87. The largest absolute Gasteiger partial charge is 0.256 e. The minimum atomic E-state index is -2.25. The summed E-state index contributed by atoms with van der Waals surface area (Å²) in [7, 11) is 0. The van der Waals surface area contributed by atoms with Crippen LogP contribution in [-0.2, 0) is 0 Å². The average molecular weight is 296 g/mol. The first kappa shape index (κ1) is 14.7. The Morgan fingerprint density at radius 1 is 0.952 bits per heavy atom. The Morgan fingerprint density at radius 3 is 2.00 bits per heavy atom. The molecule has 0 N–H and O–H groups in total. The van der Waals surface area contributed by atoms with E-state index in [0.29, 0.717) is 6.08 Å². The van der Waals surface area contributed by atoms with Crippen LogP contribution in [0.15, 0.2) is 24.4 Å². The number of aromatic nitrogens is 1. The second kappa shape index (κ2) is 5.71. The number of nitriles is 1. The van der Waals surface area contributed by atoms with Gasteiger partial charge in [-0.3, -0.25) is 4.98 Å². The zero-order valence-corrected chi connectivity index (χ0v) is 10.2. The minimum Gasteiger partial charge on any atom is -0.256 e. The van der Waals surface area contributed by atoms with Gasteiger partial charge < -0.3 is 0 Å². The van der Waals surface area contributed by atoms with Crippen molar-refractivity contribution in [3.05, 3.63) is 64.7 Å². The molecule has 0 aliphatic heterocycles. The average Bonchev–Trinajstić information content (AvgIpc) is 2.52. The van der Waals surface area contributed by atoms with E-state index in [-0.39, 0.29) is 11.3 Å². The van der Waals surface area contributed by atoms with Crippen molar-refractivity contribution in [3.8, 4) is 6.07 Å². The molecule has 21 heavy (non-hydrogen) atoms. The van der Waals surface area contributed by atoms with E-state index >= 15 is 0 Å². The normalized spacial score (nSPS) is 11.3. The molecule has 1 aromatic heterocycles. The Bertz CT molecular complexity index is 734. The van der Waals surface area contributed by atoms with Crippen LogP contribution in [0.5, 0.6) is 0 Å². The smallest absolute Gasteiger partial charge is 0.200 e. The van der Waals surface area contributed by atoms with Gasteiger partial charge in [0.2, 0.25) is 5.82 Å². The molecule has 2 aromatic rings. The molecule has 0 spiro atoms. The summed E-state index contributed by atoms with van der Waals surface area (Å²) in [6.45, 7) is 0. The van der Waals surface area contributed by atoms with Gasteiger partial charge in [0.1, 0.15) is 6.07 Å². The fourth-order valence-corrected chi connectivity index (χ4v) is 1.58. The highest BCUT2D eigenvalue weighted by molar-refractivity contribution is 5.88. The molecule has 0 aliphatic rings. The molecule has 2 nitrogen and oxygen atoms in total. The third kappa shape index (κ3) is 2.60. The molecular formula is C14H5F5N2. The third-order valence-electron chi connectivity index (χ3n) is 2.59. The zero-order valence-electron chi connectivity index (χ0n) is 10.2. The Kier molecular flexibility index (Phi) is 3.98. The molecule has 0 atom stereocenters. The van der Waals surface area contributed by atoms with Gasteiger partial charge in [-0.2, -0.15) is 5.26 Å². The number of halogens is 5. The molecule has 2 rings (SSSR count). The first-order chi connectivity index (χ1) is 9.97. The lowest BCUT2D eigenvalue weighted by molar-refractivity contribution is 0.377. The fraction of sp³-hybridized carbons (Fsp3) is 0. The Balaban J connectivity index is 2.68. The predicted molar refractivity (Wildman–Crippen MR) is 64.0 cm³/mol. The van der Waals surface area contributed by atoms with Crippen molar-refractivity contribution < 1.29 is 22.0 Å². The van der Waals surface area contributed by atoms with Gasteiger partial charge in [-0.1, -0.05) is 6.07 Å².